The summed E-state index contributed by atoms with van der Waals surface area (Å²) in [6.45, 7) is 2.38. The summed E-state index contributed by atoms with van der Waals surface area (Å²) in [6, 6.07) is 19.4. The number of rotatable bonds is 7. The molecular weight excluding hydrogens is 411 g/mol. The number of carbonyl (C=O) groups is 2. The Bertz CT molecular complexity index is 1200. The fourth-order valence-corrected chi connectivity index (χ4v) is 3.54. The molecule has 0 atom stereocenters. The third-order valence-electron chi connectivity index (χ3n) is 4.96. The van der Waals surface area contributed by atoms with Crippen molar-refractivity contribution < 1.29 is 23.5 Å². The lowest BCUT2D eigenvalue weighted by Crippen LogP contribution is -2.32. The zero-order chi connectivity index (χ0) is 22.7. The molecule has 32 heavy (non-hydrogen) atoms. The van der Waals surface area contributed by atoms with Crippen LogP contribution in [0.4, 0.5) is 15.8 Å². The number of amides is 2. The van der Waals surface area contributed by atoms with E-state index >= 15 is 0 Å². The zero-order valence-corrected chi connectivity index (χ0v) is 17.6. The minimum Gasteiger partial charge on any atom is -0.495 e. The number of nitrogens with zero attached hydrogens (tertiary/aromatic N) is 1. The van der Waals surface area contributed by atoms with Crippen LogP contribution in [0, 0.1) is 5.82 Å². The number of ether oxygens (including phenoxy) is 2. The van der Waals surface area contributed by atoms with Gasteiger partial charge < -0.3 is 14.8 Å². The number of carbonyl (C=O) groups excluding carboxylic acids is 2. The SMILES string of the molecule is CCOc1ccc(C2=C(Nc3cccc(F)c3)C(=O)N(c3ccccc3OC)C2=O)cc1. The maximum absolute atomic E-state index is 13.7. The number of methoxy groups -OCH3 is 1. The number of benzene rings is 3. The van der Waals surface area contributed by atoms with Crippen molar-refractivity contribution in [1.29, 1.82) is 0 Å². The molecule has 1 aliphatic rings. The maximum atomic E-state index is 13.7. The van der Waals surface area contributed by atoms with Gasteiger partial charge in [-0.1, -0.05) is 30.3 Å². The highest BCUT2D eigenvalue weighted by atomic mass is 19.1. The fraction of sp³-hybridized carbons (Fsp3) is 0.120. The van der Waals surface area contributed by atoms with E-state index in [2.05, 4.69) is 5.32 Å². The Morgan fingerprint density at radius 1 is 0.938 bits per heavy atom. The third kappa shape index (κ3) is 3.92. The summed E-state index contributed by atoms with van der Waals surface area (Å²) < 4.78 is 24.6. The van der Waals surface area contributed by atoms with Crippen LogP contribution in [0.5, 0.6) is 11.5 Å². The summed E-state index contributed by atoms with van der Waals surface area (Å²) in [6.07, 6.45) is 0. The van der Waals surface area contributed by atoms with E-state index in [9.17, 15) is 14.0 Å². The molecule has 3 aromatic carbocycles. The molecule has 0 aromatic heterocycles. The molecule has 7 heteroatoms. The molecule has 0 bridgehead atoms. The number of hydrogen-bond donors (Lipinski definition) is 1. The first-order chi connectivity index (χ1) is 15.5. The van der Waals surface area contributed by atoms with Gasteiger partial charge in [-0.15, -0.1) is 0 Å². The van der Waals surface area contributed by atoms with Crippen LogP contribution < -0.4 is 19.7 Å². The highest BCUT2D eigenvalue weighted by Gasteiger charge is 2.41. The quantitative estimate of drug-likeness (QED) is 0.552. The van der Waals surface area contributed by atoms with Gasteiger partial charge in [0.2, 0.25) is 0 Å². The van der Waals surface area contributed by atoms with Gasteiger partial charge in [-0.25, -0.2) is 9.29 Å². The Labute approximate surface area is 184 Å². The Kier molecular flexibility index (Phi) is 5.89. The Balaban J connectivity index is 1.82. The number of imide groups is 1. The molecule has 1 heterocycles. The molecule has 0 unspecified atom stereocenters. The topological polar surface area (TPSA) is 67.9 Å². The van der Waals surface area contributed by atoms with Gasteiger partial charge in [0.05, 0.1) is 25.0 Å². The number of para-hydroxylation sites is 2. The predicted molar refractivity (Wildman–Crippen MR) is 120 cm³/mol. The molecule has 0 saturated heterocycles. The van der Waals surface area contributed by atoms with Crippen LogP contribution in [0.1, 0.15) is 12.5 Å². The van der Waals surface area contributed by atoms with Crippen LogP contribution in [0.3, 0.4) is 0 Å². The Hall–Kier alpha value is -4.13. The van der Waals surface area contributed by atoms with Gasteiger partial charge in [-0.3, -0.25) is 9.59 Å². The van der Waals surface area contributed by atoms with Gasteiger partial charge in [0, 0.05) is 5.69 Å². The zero-order valence-electron chi connectivity index (χ0n) is 17.6. The van der Waals surface area contributed by atoms with Crippen molar-refractivity contribution in [3.8, 4) is 11.5 Å². The fourth-order valence-electron chi connectivity index (χ4n) is 3.54. The van der Waals surface area contributed by atoms with E-state index in [0.29, 0.717) is 35.0 Å². The molecule has 6 nitrogen and oxygen atoms in total. The summed E-state index contributed by atoms with van der Waals surface area (Å²) in [5.74, 6) is -0.506. The van der Waals surface area contributed by atoms with E-state index in [1.807, 2.05) is 6.92 Å². The lowest BCUT2D eigenvalue weighted by molar-refractivity contribution is -0.120. The molecule has 4 rings (SSSR count). The van der Waals surface area contributed by atoms with Gasteiger partial charge in [0.1, 0.15) is 23.0 Å². The first kappa shape index (κ1) is 21.1. The number of nitrogens with one attached hydrogen (secondary N) is 1. The summed E-state index contributed by atoms with van der Waals surface area (Å²) in [5.41, 5.74) is 1.43. The minimum atomic E-state index is -0.562. The number of anilines is 2. The molecule has 162 valence electrons. The van der Waals surface area contributed by atoms with Crippen molar-refractivity contribution in [2.45, 2.75) is 6.92 Å². The van der Waals surface area contributed by atoms with Crippen molar-refractivity contribution in [2.75, 3.05) is 23.9 Å². The van der Waals surface area contributed by atoms with Crippen molar-refractivity contribution in [3.05, 3.63) is 89.9 Å². The Morgan fingerprint density at radius 3 is 2.38 bits per heavy atom. The van der Waals surface area contributed by atoms with E-state index < -0.39 is 17.6 Å². The standard InChI is InChI=1S/C25H21FN2O4/c1-3-32-19-13-11-16(12-14-19)22-23(27-18-8-6-7-17(26)15-18)25(30)28(24(22)29)20-9-4-5-10-21(20)31-2/h4-15,27H,3H2,1-2H3. The van der Waals surface area contributed by atoms with Crippen molar-refractivity contribution >= 4 is 28.8 Å². The number of hydrogen-bond acceptors (Lipinski definition) is 5. The average molecular weight is 432 g/mol. The van der Waals surface area contributed by atoms with Gasteiger partial charge in [0.25, 0.3) is 11.8 Å². The van der Waals surface area contributed by atoms with Gasteiger partial charge >= 0.3 is 0 Å². The second-order valence-electron chi connectivity index (χ2n) is 6.96. The summed E-state index contributed by atoms with van der Waals surface area (Å²) in [4.78, 5) is 28.0. The van der Waals surface area contributed by atoms with Gasteiger partial charge in [0.15, 0.2) is 0 Å². The van der Waals surface area contributed by atoms with E-state index in [4.69, 9.17) is 9.47 Å². The van der Waals surface area contributed by atoms with E-state index in [0.717, 1.165) is 4.90 Å². The van der Waals surface area contributed by atoms with E-state index in [1.165, 1.54) is 25.3 Å². The van der Waals surface area contributed by atoms with Crippen LogP contribution in [-0.2, 0) is 9.59 Å². The molecule has 1 N–H and O–H groups in total. The second kappa shape index (κ2) is 8.93. The Morgan fingerprint density at radius 2 is 1.69 bits per heavy atom. The van der Waals surface area contributed by atoms with Gasteiger partial charge in [-0.05, 0) is 55.0 Å². The molecule has 0 fully saturated rings. The molecule has 2 amide bonds. The van der Waals surface area contributed by atoms with Crippen LogP contribution >= 0.6 is 0 Å². The lowest BCUT2D eigenvalue weighted by atomic mass is 10.0. The summed E-state index contributed by atoms with van der Waals surface area (Å²) >= 11 is 0. The molecular formula is C25H21FN2O4. The predicted octanol–water partition coefficient (Wildman–Crippen LogP) is 4.63. The molecule has 0 aliphatic carbocycles. The van der Waals surface area contributed by atoms with Crippen molar-refractivity contribution in [1.82, 2.24) is 0 Å². The van der Waals surface area contributed by atoms with Crippen LogP contribution in [0.25, 0.3) is 5.57 Å². The normalized spacial score (nSPS) is 13.5. The third-order valence-corrected chi connectivity index (χ3v) is 4.96. The van der Waals surface area contributed by atoms with E-state index in [-0.39, 0.29) is 11.3 Å². The second-order valence-corrected chi connectivity index (χ2v) is 6.96. The summed E-state index contributed by atoms with van der Waals surface area (Å²) in [5, 5.41) is 2.94. The average Bonchev–Trinajstić information content (AvgIpc) is 3.04. The first-order valence-electron chi connectivity index (χ1n) is 10.1. The maximum Gasteiger partial charge on any atom is 0.282 e. The van der Waals surface area contributed by atoms with Crippen molar-refractivity contribution in [2.24, 2.45) is 0 Å². The molecule has 0 spiro atoms. The summed E-state index contributed by atoms with van der Waals surface area (Å²) in [7, 11) is 1.47. The first-order valence-corrected chi connectivity index (χ1v) is 10.1. The van der Waals surface area contributed by atoms with Gasteiger partial charge in [-0.2, -0.15) is 0 Å². The van der Waals surface area contributed by atoms with Crippen LogP contribution in [0.2, 0.25) is 0 Å². The molecule has 3 aromatic rings. The molecule has 1 aliphatic heterocycles. The largest absolute Gasteiger partial charge is 0.495 e. The highest BCUT2D eigenvalue weighted by molar-refractivity contribution is 6.46. The minimum absolute atomic E-state index is 0.0515. The number of halogens is 1. The van der Waals surface area contributed by atoms with E-state index in [1.54, 1.807) is 54.6 Å². The lowest BCUT2D eigenvalue weighted by Gasteiger charge is -2.18. The van der Waals surface area contributed by atoms with Crippen LogP contribution in [-0.4, -0.2) is 25.5 Å². The molecule has 0 radical (unpaired) electrons. The molecule has 0 saturated carbocycles. The van der Waals surface area contributed by atoms with Crippen molar-refractivity contribution in [3.63, 3.8) is 0 Å². The van der Waals surface area contributed by atoms with Crippen LogP contribution in [0.15, 0.2) is 78.5 Å². The smallest absolute Gasteiger partial charge is 0.282 e. The monoisotopic (exact) mass is 432 g/mol. The highest BCUT2D eigenvalue weighted by Crippen LogP contribution is 2.38.